The molecule has 0 saturated carbocycles. The number of hydrogen-bond acceptors (Lipinski definition) is 4. The Morgan fingerprint density at radius 2 is 1.94 bits per heavy atom. The van der Waals surface area contributed by atoms with Crippen LogP contribution in [0.3, 0.4) is 0 Å². The van der Waals surface area contributed by atoms with Crippen LogP contribution in [0.1, 0.15) is 48.3 Å². The average molecular weight is 224 g/mol. The number of ether oxygens (including phenoxy) is 1. The molecule has 1 heterocycles. The summed E-state index contributed by atoms with van der Waals surface area (Å²) in [5.41, 5.74) is 0. The fourth-order valence-electron chi connectivity index (χ4n) is 1.21. The van der Waals surface area contributed by atoms with Crippen molar-refractivity contribution in [3.63, 3.8) is 0 Å². The fourth-order valence-corrected chi connectivity index (χ4v) is 1.21. The highest BCUT2D eigenvalue weighted by atomic mass is 16.5. The summed E-state index contributed by atoms with van der Waals surface area (Å²) in [6.45, 7) is 5.76. The monoisotopic (exact) mass is 224 g/mol. The Kier molecular flexibility index (Phi) is 4.28. The van der Waals surface area contributed by atoms with Crippen LogP contribution < -0.4 is 0 Å². The van der Waals surface area contributed by atoms with E-state index in [0.29, 0.717) is 0 Å². The molecule has 4 nitrogen and oxygen atoms in total. The van der Waals surface area contributed by atoms with E-state index in [2.05, 4.69) is 0 Å². The summed E-state index contributed by atoms with van der Waals surface area (Å²) in [6, 6.07) is 2.98. The Morgan fingerprint density at radius 1 is 1.31 bits per heavy atom. The van der Waals surface area contributed by atoms with Crippen molar-refractivity contribution in [2.45, 2.75) is 27.2 Å². The molecule has 0 amide bonds. The van der Waals surface area contributed by atoms with Gasteiger partial charge < -0.3 is 9.15 Å². The molecule has 0 N–H and O–H groups in total. The lowest BCUT2D eigenvalue weighted by Gasteiger charge is -2.03. The van der Waals surface area contributed by atoms with E-state index in [1.54, 1.807) is 6.92 Å². The third kappa shape index (κ3) is 2.72. The molecular formula is C12H16O4. The lowest BCUT2D eigenvalue weighted by molar-refractivity contribution is 0.0488. The highest BCUT2D eigenvalue weighted by Crippen LogP contribution is 2.15. The van der Waals surface area contributed by atoms with Gasteiger partial charge in [0.05, 0.1) is 6.61 Å². The number of furan rings is 1. The van der Waals surface area contributed by atoms with Crippen LogP contribution in [0.15, 0.2) is 16.5 Å². The lowest BCUT2D eigenvalue weighted by atomic mass is 10.0. The molecule has 0 aliphatic rings. The van der Waals surface area contributed by atoms with Crippen molar-refractivity contribution in [3.05, 3.63) is 23.7 Å². The average Bonchev–Trinajstić information content (AvgIpc) is 2.76. The van der Waals surface area contributed by atoms with E-state index in [9.17, 15) is 9.59 Å². The van der Waals surface area contributed by atoms with Crippen LogP contribution in [0.2, 0.25) is 0 Å². The molecule has 1 unspecified atom stereocenters. The molecule has 1 aromatic rings. The standard InChI is InChI=1S/C12H16O4/c1-4-8(3)11(13)9-6-7-10(16-9)12(14)15-5-2/h6-8H,4-5H2,1-3H3. The smallest absolute Gasteiger partial charge is 0.374 e. The molecule has 16 heavy (non-hydrogen) atoms. The molecule has 0 spiro atoms. The molecule has 4 heteroatoms. The van der Waals surface area contributed by atoms with Crippen molar-refractivity contribution >= 4 is 11.8 Å². The van der Waals surface area contributed by atoms with E-state index in [4.69, 9.17) is 9.15 Å². The van der Waals surface area contributed by atoms with Crippen molar-refractivity contribution in [1.29, 1.82) is 0 Å². The maximum atomic E-state index is 11.7. The Morgan fingerprint density at radius 3 is 2.50 bits per heavy atom. The van der Waals surface area contributed by atoms with Gasteiger partial charge in [0.2, 0.25) is 11.5 Å². The molecule has 0 radical (unpaired) electrons. The minimum Gasteiger partial charge on any atom is -0.460 e. The number of esters is 1. The molecule has 1 aromatic heterocycles. The first-order chi connectivity index (χ1) is 7.60. The van der Waals surface area contributed by atoms with Crippen molar-refractivity contribution in [2.75, 3.05) is 6.61 Å². The summed E-state index contributed by atoms with van der Waals surface area (Å²) in [6.07, 6.45) is 0.744. The van der Waals surface area contributed by atoms with Crippen LogP contribution in [0, 0.1) is 5.92 Å². The van der Waals surface area contributed by atoms with Crippen LogP contribution in [0.4, 0.5) is 0 Å². The van der Waals surface area contributed by atoms with Crippen molar-refractivity contribution in [3.8, 4) is 0 Å². The van der Waals surface area contributed by atoms with Gasteiger partial charge in [0.25, 0.3) is 0 Å². The molecule has 0 aliphatic carbocycles. The zero-order chi connectivity index (χ0) is 12.1. The molecule has 88 valence electrons. The summed E-state index contributed by atoms with van der Waals surface area (Å²) < 4.78 is 9.92. The highest BCUT2D eigenvalue weighted by molar-refractivity contribution is 5.96. The van der Waals surface area contributed by atoms with Crippen LogP contribution in [-0.4, -0.2) is 18.4 Å². The first-order valence-corrected chi connectivity index (χ1v) is 5.41. The predicted molar refractivity (Wildman–Crippen MR) is 58.5 cm³/mol. The maximum absolute atomic E-state index is 11.7. The molecule has 0 aromatic carbocycles. The van der Waals surface area contributed by atoms with Crippen LogP contribution in [0.25, 0.3) is 0 Å². The topological polar surface area (TPSA) is 56.5 Å². The van der Waals surface area contributed by atoms with Crippen molar-refractivity contribution < 1.29 is 18.7 Å². The Balaban J connectivity index is 2.79. The molecule has 0 bridgehead atoms. The van der Waals surface area contributed by atoms with Gasteiger partial charge in [-0.15, -0.1) is 0 Å². The van der Waals surface area contributed by atoms with E-state index in [0.717, 1.165) is 6.42 Å². The fraction of sp³-hybridized carbons (Fsp3) is 0.500. The van der Waals surface area contributed by atoms with Gasteiger partial charge in [0, 0.05) is 5.92 Å². The molecule has 1 atom stereocenters. The van der Waals surface area contributed by atoms with Gasteiger partial charge in [-0.2, -0.15) is 0 Å². The van der Waals surface area contributed by atoms with E-state index in [1.165, 1.54) is 12.1 Å². The minimum atomic E-state index is -0.536. The van der Waals surface area contributed by atoms with Crippen LogP contribution >= 0.6 is 0 Å². The second kappa shape index (κ2) is 5.49. The quantitative estimate of drug-likeness (QED) is 0.570. The van der Waals surface area contributed by atoms with Gasteiger partial charge in [0.1, 0.15) is 0 Å². The zero-order valence-corrected chi connectivity index (χ0v) is 9.78. The Bertz CT molecular complexity index is 378. The molecular weight excluding hydrogens is 208 g/mol. The minimum absolute atomic E-state index is 0.0773. The van der Waals surface area contributed by atoms with E-state index < -0.39 is 5.97 Å². The van der Waals surface area contributed by atoms with Gasteiger partial charge in [-0.3, -0.25) is 4.79 Å². The van der Waals surface area contributed by atoms with Gasteiger partial charge in [-0.05, 0) is 25.5 Å². The number of carbonyl (C=O) groups excluding carboxylic acids is 2. The summed E-state index contributed by atoms with van der Waals surface area (Å²) in [4.78, 5) is 23.0. The molecule has 0 aliphatic heterocycles. The van der Waals surface area contributed by atoms with Crippen LogP contribution in [0.5, 0.6) is 0 Å². The summed E-state index contributed by atoms with van der Waals surface area (Å²) in [5.74, 6) is -0.421. The molecule has 0 saturated heterocycles. The SMILES string of the molecule is CCOC(=O)c1ccc(C(=O)C(C)CC)o1. The number of hydrogen-bond donors (Lipinski definition) is 0. The van der Waals surface area contributed by atoms with E-state index in [-0.39, 0.29) is 29.8 Å². The predicted octanol–water partition coefficient (Wildman–Crippen LogP) is 2.69. The largest absolute Gasteiger partial charge is 0.460 e. The van der Waals surface area contributed by atoms with Crippen molar-refractivity contribution in [1.82, 2.24) is 0 Å². The third-order valence-electron chi connectivity index (χ3n) is 2.39. The first-order valence-electron chi connectivity index (χ1n) is 5.41. The molecule has 1 rings (SSSR count). The lowest BCUT2D eigenvalue weighted by Crippen LogP contribution is -2.09. The first kappa shape index (κ1) is 12.5. The van der Waals surface area contributed by atoms with Crippen LogP contribution in [-0.2, 0) is 4.74 Å². The second-order valence-electron chi connectivity index (χ2n) is 3.56. The number of rotatable bonds is 5. The van der Waals surface area contributed by atoms with Gasteiger partial charge in [-0.25, -0.2) is 4.79 Å². The second-order valence-corrected chi connectivity index (χ2v) is 3.56. The summed E-state index contributed by atoms with van der Waals surface area (Å²) >= 11 is 0. The summed E-state index contributed by atoms with van der Waals surface area (Å²) in [7, 11) is 0. The van der Waals surface area contributed by atoms with E-state index >= 15 is 0 Å². The zero-order valence-electron chi connectivity index (χ0n) is 9.78. The van der Waals surface area contributed by atoms with Crippen molar-refractivity contribution in [2.24, 2.45) is 5.92 Å². The number of carbonyl (C=O) groups is 2. The number of Topliss-reactive ketones (excluding diaryl/α,β-unsaturated/α-hetero) is 1. The third-order valence-corrected chi connectivity index (χ3v) is 2.39. The highest BCUT2D eigenvalue weighted by Gasteiger charge is 2.19. The Hall–Kier alpha value is -1.58. The number of ketones is 1. The Labute approximate surface area is 94.6 Å². The van der Waals surface area contributed by atoms with Gasteiger partial charge >= 0.3 is 5.97 Å². The van der Waals surface area contributed by atoms with E-state index in [1.807, 2.05) is 13.8 Å². The maximum Gasteiger partial charge on any atom is 0.374 e. The van der Waals surface area contributed by atoms with Gasteiger partial charge in [0.15, 0.2) is 5.76 Å². The normalized spacial score (nSPS) is 12.2. The molecule has 0 fully saturated rings. The van der Waals surface area contributed by atoms with Gasteiger partial charge in [-0.1, -0.05) is 13.8 Å². The summed E-state index contributed by atoms with van der Waals surface area (Å²) in [5, 5.41) is 0.